The molecule has 1 aliphatic rings. The van der Waals surface area contributed by atoms with Gasteiger partial charge in [0, 0.05) is 84.6 Å². The van der Waals surface area contributed by atoms with Gasteiger partial charge in [-0.15, -0.1) is 0 Å². The average Bonchev–Trinajstić information content (AvgIpc) is 3.69. The van der Waals surface area contributed by atoms with Crippen molar-refractivity contribution in [3.63, 3.8) is 0 Å². The van der Waals surface area contributed by atoms with Gasteiger partial charge in [0.2, 0.25) is 0 Å². The van der Waals surface area contributed by atoms with Gasteiger partial charge in [-0.1, -0.05) is 18.2 Å². The Morgan fingerprint density at radius 3 is 2.13 bits per heavy atom. The van der Waals surface area contributed by atoms with Crippen LogP contribution in [0.1, 0.15) is 64.0 Å². The summed E-state index contributed by atoms with van der Waals surface area (Å²) in [5, 5.41) is 3.23. The molecule has 0 radical (unpaired) electrons. The summed E-state index contributed by atoms with van der Waals surface area (Å²) in [5.74, 6) is 2.71. The molecule has 11 nitrogen and oxygen atoms in total. The summed E-state index contributed by atoms with van der Waals surface area (Å²) < 4.78 is 4.35. The molecule has 8 heterocycles. The fourth-order valence-corrected chi connectivity index (χ4v) is 8.64. The lowest BCUT2D eigenvalue weighted by Crippen LogP contribution is -2.42. The molecule has 0 spiro atoms. The second-order valence-electron chi connectivity index (χ2n) is 14.8. The quantitative estimate of drug-likeness (QED) is 0.155. The molecule has 11 heteroatoms. The van der Waals surface area contributed by atoms with E-state index in [0.29, 0.717) is 12.8 Å². The maximum Gasteiger partial charge on any atom is 0.146 e. The summed E-state index contributed by atoms with van der Waals surface area (Å²) in [6, 6.07) is 21.0. The molecular weight excluding hydrogens is 683 g/mol. The normalized spacial score (nSPS) is 14.6. The van der Waals surface area contributed by atoms with Gasteiger partial charge < -0.3 is 13.9 Å². The van der Waals surface area contributed by atoms with Crippen LogP contribution < -0.4 is 4.90 Å². The average molecular weight is 724 g/mol. The van der Waals surface area contributed by atoms with Crippen molar-refractivity contribution in [3.05, 3.63) is 131 Å². The monoisotopic (exact) mass is 723 g/mol. The van der Waals surface area contributed by atoms with E-state index >= 15 is 0 Å². The molecular formula is C44H41N11. The molecule has 0 bridgehead atoms. The van der Waals surface area contributed by atoms with Crippen LogP contribution in [0.5, 0.6) is 0 Å². The Bertz CT molecular complexity index is 2960. The molecule has 0 N–H and O–H groups in total. The third-order valence-corrected chi connectivity index (χ3v) is 11.5. The van der Waals surface area contributed by atoms with Crippen LogP contribution in [0.2, 0.25) is 0 Å². The number of fused-ring (bicyclic) bond motifs is 7. The number of aromatic nitrogens is 10. The van der Waals surface area contributed by atoms with E-state index in [1.54, 1.807) is 0 Å². The molecule has 55 heavy (non-hydrogen) atoms. The molecule has 1 atom stereocenters. The molecule has 1 unspecified atom stereocenters. The van der Waals surface area contributed by atoms with E-state index in [2.05, 4.69) is 113 Å². The largest absolute Gasteiger partial charge is 0.361 e. The SMILES string of the molecule is Cc1nc(CCc2nc3c4cccnc4ccc3n2C)nc(C)c1N1CCC1c1cccc2c(C)nc(CCc3nc4c5cccnc5ccn4c3C)nc12. The first-order valence-corrected chi connectivity index (χ1v) is 19.1. The Morgan fingerprint density at radius 2 is 1.35 bits per heavy atom. The number of imidazole rings is 2. The van der Waals surface area contributed by atoms with Crippen LogP contribution in [0.3, 0.4) is 0 Å². The van der Waals surface area contributed by atoms with Gasteiger partial charge in [-0.25, -0.2) is 29.9 Å². The first-order chi connectivity index (χ1) is 26.8. The molecule has 7 aromatic heterocycles. The van der Waals surface area contributed by atoms with Crippen molar-refractivity contribution < 1.29 is 0 Å². The Hall–Kier alpha value is -6.36. The zero-order chi connectivity index (χ0) is 37.4. The van der Waals surface area contributed by atoms with Gasteiger partial charge >= 0.3 is 0 Å². The topological polar surface area (TPSA) is 116 Å². The van der Waals surface area contributed by atoms with E-state index in [1.807, 2.05) is 24.5 Å². The molecule has 0 amide bonds. The fourth-order valence-electron chi connectivity index (χ4n) is 8.64. The van der Waals surface area contributed by atoms with E-state index in [4.69, 9.17) is 29.9 Å². The van der Waals surface area contributed by atoms with E-state index in [0.717, 1.165) is 127 Å². The highest BCUT2D eigenvalue weighted by atomic mass is 15.2. The van der Waals surface area contributed by atoms with Crippen LogP contribution in [0.4, 0.5) is 5.69 Å². The first-order valence-electron chi connectivity index (χ1n) is 19.1. The molecule has 0 aliphatic carbocycles. The van der Waals surface area contributed by atoms with Gasteiger partial charge in [0.1, 0.15) is 23.1 Å². The number of rotatable bonds is 8. The predicted molar refractivity (Wildman–Crippen MR) is 217 cm³/mol. The van der Waals surface area contributed by atoms with Gasteiger partial charge in [0.25, 0.3) is 0 Å². The minimum Gasteiger partial charge on any atom is -0.361 e. The summed E-state index contributed by atoms with van der Waals surface area (Å²) in [6.45, 7) is 9.41. The molecule has 2 aromatic carbocycles. The van der Waals surface area contributed by atoms with Crippen molar-refractivity contribution in [1.29, 1.82) is 0 Å². The smallest absolute Gasteiger partial charge is 0.146 e. The maximum atomic E-state index is 5.24. The first kappa shape index (κ1) is 33.2. The third-order valence-electron chi connectivity index (χ3n) is 11.5. The van der Waals surface area contributed by atoms with E-state index in [-0.39, 0.29) is 6.04 Å². The highest BCUT2D eigenvalue weighted by Gasteiger charge is 2.34. The van der Waals surface area contributed by atoms with Gasteiger partial charge in [0.05, 0.1) is 56.4 Å². The van der Waals surface area contributed by atoms with Gasteiger partial charge in [-0.2, -0.15) is 0 Å². The lowest BCUT2D eigenvalue weighted by molar-refractivity contribution is 0.464. The lowest BCUT2D eigenvalue weighted by Gasteiger charge is -2.44. The van der Waals surface area contributed by atoms with Crippen molar-refractivity contribution in [2.24, 2.45) is 7.05 Å². The fraction of sp³-hybridized carbons (Fsp3) is 0.273. The Labute approximate surface area is 318 Å². The minimum absolute atomic E-state index is 0.185. The van der Waals surface area contributed by atoms with Gasteiger partial charge in [-0.05, 0) is 83.0 Å². The van der Waals surface area contributed by atoms with Crippen LogP contribution in [-0.4, -0.2) is 55.4 Å². The summed E-state index contributed by atoms with van der Waals surface area (Å²) in [5.41, 5.74) is 13.5. The van der Waals surface area contributed by atoms with Crippen LogP contribution >= 0.6 is 0 Å². The van der Waals surface area contributed by atoms with Crippen LogP contribution in [0.25, 0.3) is 49.4 Å². The molecule has 0 saturated carbocycles. The summed E-state index contributed by atoms with van der Waals surface area (Å²) in [7, 11) is 2.09. The lowest BCUT2D eigenvalue weighted by atomic mass is 9.91. The number of aryl methyl sites for hydroxylation is 9. The highest BCUT2D eigenvalue weighted by Crippen LogP contribution is 2.42. The number of hydrogen-bond acceptors (Lipinski definition) is 9. The van der Waals surface area contributed by atoms with E-state index in [1.165, 1.54) is 5.56 Å². The summed E-state index contributed by atoms with van der Waals surface area (Å²) in [6.07, 6.45) is 9.68. The molecule has 1 fully saturated rings. The second-order valence-corrected chi connectivity index (χ2v) is 14.8. The summed E-state index contributed by atoms with van der Waals surface area (Å²) in [4.78, 5) is 41.9. The van der Waals surface area contributed by atoms with Crippen LogP contribution in [0.15, 0.2) is 79.3 Å². The van der Waals surface area contributed by atoms with Crippen molar-refractivity contribution in [3.8, 4) is 0 Å². The second kappa shape index (κ2) is 12.9. The van der Waals surface area contributed by atoms with Crippen molar-refractivity contribution in [1.82, 2.24) is 48.8 Å². The van der Waals surface area contributed by atoms with Crippen LogP contribution in [0, 0.1) is 27.7 Å². The number of nitrogens with zero attached hydrogens (tertiary/aromatic N) is 11. The van der Waals surface area contributed by atoms with Crippen molar-refractivity contribution in [2.45, 2.75) is 65.8 Å². The predicted octanol–water partition coefficient (Wildman–Crippen LogP) is 7.81. The van der Waals surface area contributed by atoms with Crippen molar-refractivity contribution in [2.75, 3.05) is 11.4 Å². The number of hydrogen-bond donors (Lipinski definition) is 0. The molecule has 272 valence electrons. The molecule has 1 aliphatic heterocycles. The van der Waals surface area contributed by atoms with E-state index in [9.17, 15) is 0 Å². The van der Waals surface area contributed by atoms with E-state index < -0.39 is 0 Å². The molecule has 1 saturated heterocycles. The highest BCUT2D eigenvalue weighted by molar-refractivity contribution is 6.02. The maximum absolute atomic E-state index is 5.24. The van der Waals surface area contributed by atoms with Crippen LogP contribution in [-0.2, 0) is 32.7 Å². The zero-order valence-corrected chi connectivity index (χ0v) is 31.7. The number of benzene rings is 2. The number of pyridine rings is 3. The van der Waals surface area contributed by atoms with Gasteiger partial charge in [0.15, 0.2) is 0 Å². The third kappa shape index (κ3) is 5.47. The van der Waals surface area contributed by atoms with Gasteiger partial charge in [-0.3, -0.25) is 9.97 Å². The number of anilines is 1. The Kier molecular flexibility index (Phi) is 7.79. The standard InChI is InChI=1S/C44H41N11/c1-25-29-9-6-10-32(41(29)51-39(47-25)16-14-33-28(4)54-23-19-35-31(44(54)50-33)12-8-22-46-35)36-20-24-55(36)43-26(2)48-38(49-27(43)3)17-18-40-52-42-30-11-7-21-45-34(30)13-15-37(42)53(40)5/h6-13,15,19,21-23,36H,14,16-18,20,24H2,1-5H3. The Balaban J connectivity index is 0.902. The molecule has 10 rings (SSSR count). The summed E-state index contributed by atoms with van der Waals surface area (Å²) >= 11 is 0. The molecule has 9 aromatic rings. The Morgan fingerprint density at radius 1 is 0.636 bits per heavy atom. The number of para-hydroxylation sites is 1. The van der Waals surface area contributed by atoms with Crippen molar-refractivity contribution >= 4 is 55.1 Å². The zero-order valence-electron chi connectivity index (χ0n) is 31.7. The minimum atomic E-state index is 0.185.